The highest BCUT2D eigenvalue weighted by Crippen LogP contribution is 2.25. The maximum Gasteiger partial charge on any atom is 0.260 e. The standard InChI is InChI=1S/C24H26ClFN2O6/c25-17-3-6-21(20(11-17)24(33)27-19(12-29)13-30)34-14-22(31)28-9-7-16(8-10-28)23(32)15-1-4-18(26)5-2-15/h1-6,11,16,19,29-30H,7-10,12-14H2,(H,27,33). The second kappa shape index (κ2) is 11.9. The third-order valence-electron chi connectivity index (χ3n) is 5.66. The zero-order chi connectivity index (χ0) is 24.7. The van der Waals surface area contributed by atoms with E-state index >= 15 is 0 Å². The summed E-state index contributed by atoms with van der Waals surface area (Å²) in [5, 5.41) is 21.1. The summed E-state index contributed by atoms with van der Waals surface area (Å²) in [5.74, 6) is -1.49. The Kier molecular flexibility index (Phi) is 8.98. The van der Waals surface area contributed by atoms with E-state index in [9.17, 15) is 29.0 Å². The lowest BCUT2D eigenvalue weighted by Crippen LogP contribution is -2.42. The molecule has 0 aromatic heterocycles. The zero-order valence-corrected chi connectivity index (χ0v) is 19.1. The van der Waals surface area contributed by atoms with Crippen molar-refractivity contribution in [2.75, 3.05) is 32.9 Å². The number of hydrogen-bond donors (Lipinski definition) is 3. The molecule has 0 atom stereocenters. The third-order valence-corrected chi connectivity index (χ3v) is 5.90. The number of carbonyl (C=O) groups is 3. The molecule has 3 N–H and O–H groups in total. The van der Waals surface area contributed by atoms with Crippen LogP contribution in [0.25, 0.3) is 0 Å². The number of Topliss-reactive ketones (excluding diaryl/α,β-unsaturated/α-hetero) is 1. The van der Waals surface area contributed by atoms with E-state index in [-0.39, 0.29) is 40.6 Å². The van der Waals surface area contributed by atoms with E-state index in [4.69, 9.17) is 16.3 Å². The molecule has 8 nitrogen and oxygen atoms in total. The first-order chi connectivity index (χ1) is 16.3. The molecule has 2 amide bonds. The van der Waals surface area contributed by atoms with Crippen molar-refractivity contribution in [3.05, 3.63) is 64.4 Å². The summed E-state index contributed by atoms with van der Waals surface area (Å²) in [6, 6.07) is 8.93. The number of amides is 2. The van der Waals surface area contributed by atoms with Gasteiger partial charge in [0.05, 0.1) is 24.8 Å². The molecule has 1 saturated heterocycles. The molecule has 0 spiro atoms. The number of ether oxygens (including phenoxy) is 1. The number of rotatable bonds is 9. The number of likely N-dealkylation sites (tertiary alicyclic amines) is 1. The molecule has 0 saturated carbocycles. The summed E-state index contributed by atoms with van der Waals surface area (Å²) in [6.45, 7) is -0.457. The molecule has 1 aliphatic rings. The average Bonchev–Trinajstić information content (AvgIpc) is 2.86. The summed E-state index contributed by atoms with van der Waals surface area (Å²) in [7, 11) is 0. The number of carbonyl (C=O) groups excluding carboxylic acids is 3. The summed E-state index contributed by atoms with van der Waals surface area (Å²) >= 11 is 5.99. The van der Waals surface area contributed by atoms with Gasteiger partial charge in [-0.15, -0.1) is 0 Å². The van der Waals surface area contributed by atoms with Crippen molar-refractivity contribution in [3.8, 4) is 5.75 Å². The van der Waals surface area contributed by atoms with Crippen LogP contribution in [0.5, 0.6) is 5.75 Å². The van der Waals surface area contributed by atoms with Crippen LogP contribution in [-0.4, -0.2) is 71.7 Å². The Bertz CT molecular complexity index is 1020. The maximum absolute atomic E-state index is 13.1. The number of ketones is 1. The number of aliphatic hydroxyl groups excluding tert-OH is 2. The zero-order valence-electron chi connectivity index (χ0n) is 18.4. The van der Waals surface area contributed by atoms with Gasteiger partial charge < -0.3 is 25.2 Å². The smallest absolute Gasteiger partial charge is 0.260 e. The van der Waals surface area contributed by atoms with Crippen molar-refractivity contribution in [2.45, 2.75) is 18.9 Å². The second-order valence-electron chi connectivity index (χ2n) is 7.99. The fraction of sp³-hybridized carbons (Fsp3) is 0.375. The SMILES string of the molecule is O=C(NC(CO)CO)c1cc(Cl)ccc1OCC(=O)N1CCC(C(=O)c2ccc(F)cc2)CC1. The molecule has 182 valence electrons. The lowest BCUT2D eigenvalue weighted by atomic mass is 9.89. The fourth-order valence-electron chi connectivity index (χ4n) is 3.69. The van der Waals surface area contributed by atoms with Crippen LogP contribution in [0.15, 0.2) is 42.5 Å². The van der Waals surface area contributed by atoms with E-state index in [2.05, 4.69) is 5.32 Å². The summed E-state index contributed by atoms with van der Waals surface area (Å²) < 4.78 is 18.7. The van der Waals surface area contributed by atoms with Gasteiger partial charge >= 0.3 is 0 Å². The molecular formula is C24H26ClFN2O6. The molecule has 3 rings (SSSR count). The van der Waals surface area contributed by atoms with Crippen LogP contribution >= 0.6 is 11.6 Å². The Morgan fingerprint density at radius 1 is 1.09 bits per heavy atom. The molecule has 0 radical (unpaired) electrons. The maximum atomic E-state index is 13.1. The Morgan fingerprint density at radius 2 is 1.74 bits per heavy atom. The van der Waals surface area contributed by atoms with Crippen molar-refractivity contribution >= 4 is 29.2 Å². The minimum Gasteiger partial charge on any atom is -0.483 e. The van der Waals surface area contributed by atoms with Crippen LogP contribution in [0, 0.1) is 11.7 Å². The minimum atomic E-state index is -0.847. The number of aliphatic hydroxyl groups is 2. The van der Waals surface area contributed by atoms with Gasteiger partial charge in [-0.1, -0.05) is 11.6 Å². The Labute approximate surface area is 201 Å². The van der Waals surface area contributed by atoms with Gasteiger partial charge in [0.1, 0.15) is 11.6 Å². The molecular weight excluding hydrogens is 467 g/mol. The van der Waals surface area contributed by atoms with Crippen LogP contribution in [0.2, 0.25) is 5.02 Å². The van der Waals surface area contributed by atoms with Gasteiger partial charge in [-0.2, -0.15) is 0 Å². The lowest BCUT2D eigenvalue weighted by Gasteiger charge is -2.31. The predicted molar refractivity (Wildman–Crippen MR) is 122 cm³/mol. The lowest BCUT2D eigenvalue weighted by molar-refractivity contribution is -0.134. The fourth-order valence-corrected chi connectivity index (χ4v) is 3.86. The molecule has 1 aliphatic heterocycles. The number of nitrogens with zero attached hydrogens (tertiary/aromatic N) is 1. The highest BCUT2D eigenvalue weighted by Gasteiger charge is 2.28. The summed E-state index contributed by atoms with van der Waals surface area (Å²) in [4.78, 5) is 39.4. The molecule has 34 heavy (non-hydrogen) atoms. The van der Waals surface area contributed by atoms with Crippen molar-refractivity contribution in [1.82, 2.24) is 10.2 Å². The van der Waals surface area contributed by atoms with E-state index in [1.54, 1.807) is 4.90 Å². The van der Waals surface area contributed by atoms with Gasteiger partial charge in [0, 0.05) is 29.6 Å². The van der Waals surface area contributed by atoms with Crippen molar-refractivity contribution in [3.63, 3.8) is 0 Å². The van der Waals surface area contributed by atoms with Gasteiger partial charge in [-0.05, 0) is 55.3 Å². The number of benzene rings is 2. The highest BCUT2D eigenvalue weighted by atomic mass is 35.5. The minimum absolute atomic E-state index is 0.0655. The summed E-state index contributed by atoms with van der Waals surface area (Å²) in [6.07, 6.45) is 0.973. The van der Waals surface area contributed by atoms with Gasteiger partial charge in [-0.3, -0.25) is 14.4 Å². The highest BCUT2D eigenvalue weighted by molar-refractivity contribution is 6.31. The molecule has 2 aromatic rings. The molecule has 1 heterocycles. The van der Waals surface area contributed by atoms with Crippen molar-refractivity contribution in [2.24, 2.45) is 5.92 Å². The van der Waals surface area contributed by atoms with Crippen molar-refractivity contribution in [1.29, 1.82) is 0 Å². The quantitative estimate of drug-likeness (QED) is 0.461. The van der Waals surface area contributed by atoms with Gasteiger partial charge in [0.25, 0.3) is 11.8 Å². The number of hydrogen-bond acceptors (Lipinski definition) is 6. The van der Waals surface area contributed by atoms with Gasteiger partial charge in [0.2, 0.25) is 0 Å². The average molecular weight is 493 g/mol. The van der Waals surface area contributed by atoms with E-state index in [0.717, 1.165) is 0 Å². The molecule has 10 heteroatoms. The predicted octanol–water partition coefficient (Wildman–Crippen LogP) is 2.06. The molecule has 0 aliphatic carbocycles. The molecule has 2 aromatic carbocycles. The third kappa shape index (κ3) is 6.53. The molecule has 0 unspecified atom stereocenters. The molecule has 0 bridgehead atoms. The Hall–Kier alpha value is -3.01. The van der Waals surface area contributed by atoms with Crippen LogP contribution in [0.4, 0.5) is 4.39 Å². The first kappa shape index (κ1) is 25.6. The number of nitrogens with one attached hydrogen (secondary N) is 1. The van der Waals surface area contributed by atoms with Crippen LogP contribution in [-0.2, 0) is 4.79 Å². The Balaban J connectivity index is 1.56. The van der Waals surface area contributed by atoms with Crippen molar-refractivity contribution < 1.29 is 33.7 Å². The monoisotopic (exact) mass is 492 g/mol. The van der Waals surface area contributed by atoms with E-state index in [1.165, 1.54) is 42.5 Å². The number of piperidine rings is 1. The first-order valence-corrected chi connectivity index (χ1v) is 11.2. The van der Waals surface area contributed by atoms with E-state index in [0.29, 0.717) is 31.5 Å². The van der Waals surface area contributed by atoms with Crippen LogP contribution < -0.4 is 10.1 Å². The normalized spacial score (nSPS) is 14.2. The first-order valence-electron chi connectivity index (χ1n) is 10.8. The van der Waals surface area contributed by atoms with E-state index < -0.39 is 31.0 Å². The van der Waals surface area contributed by atoms with E-state index in [1.807, 2.05) is 0 Å². The van der Waals surface area contributed by atoms with Gasteiger partial charge in [-0.25, -0.2) is 4.39 Å². The summed E-state index contributed by atoms with van der Waals surface area (Å²) in [5.41, 5.74) is 0.517. The molecule has 1 fully saturated rings. The Morgan fingerprint density at radius 3 is 2.35 bits per heavy atom. The number of halogens is 2. The van der Waals surface area contributed by atoms with Crippen LogP contribution in [0.1, 0.15) is 33.6 Å². The van der Waals surface area contributed by atoms with Gasteiger partial charge in [0.15, 0.2) is 12.4 Å². The second-order valence-corrected chi connectivity index (χ2v) is 8.43. The largest absolute Gasteiger partial charge is 0.483 e. The topological polar surface area (TPSA) is 116 Å². The van der Waals surface area contributed by atoms with Crippen LogP contribution in [0.3, 0.4) is 0 Å².